The average molecular weight is 326 g/mol. The molecule has 3 rings (SSSR count). The highest BCUT2D eigenvalue weighted by molar-refractivity contribution is 5.98. The highest BCUT2D eigenvalue weighted by Gasteiger charge is 2.39. The van der Waals surface area contributed by atoms with E-state index in [0.29, 0.717) is 31.0 Å². The van der Waals surface area contributed by atoms with Gasteiger partial charge in [-0.1, -0.05) is 18.2 Å². The van der Waals surface area contributed by atoms with Gasteiger partial charge < -0.3 is 15.2 Å². The summed E-state index contributed by atoms with van der Waals surface area (Å²) in [5.74, 6) is -1.37. The molecule has 2 N–H and O–H groups in total. The minimum Gasteiger partial charge on any atom is -0.481 e. The molecule has 2 unspecified atom stereocenters. The summed E-state index contributed by atoms with van der Waals surface area (Å²) in [6, 6.07) is 13.1. The van der Waals surface area contributed by atoms with Crippen LogP contribution in [-0.2, 0) is 16.0 Å². The van der Waals surface area contributed by atoms with Crippen LogP contribution in [0.2, 0.25) is 0 Å². The van der Waals surface area contributed by atoms with Gasteiger partial charge in [-0.3, -0.25) is 9.59 Å². The molecule has 1 aliphatic heterocycles. The second-order valence-electron chi connectivity index (χ2n) is 5.78. The fourth-order valence-electron chi connectivity index (χ4n) is 2.90. The van der Waals surface area contributed by atoms with Crippen molar-refractivity contribution in [3.8, 4) is 11.6 Å². The monoisotopic (exact) mass is 326 g/mol. The largest absolute Gasteiger partial charge is 0.481 e. The summed E-state index contributed by atoms with van der Waals surface area (Å²) >= 11 is 0. The zero-order valence-corrected chi connectivity index (χ0v) is 13.0. The zero-order chi connectivity index (χ0) is 16.9. The van der Waals surface area contributed by atoms with Crippen molar-refractivity contribution < 1.29 is 19.4 Å². The zero-order valence-electron chi connectivity index (χ0n) is 13.0. The van der Waals surface area contributed by atoms with Crippen molar-refractivity contribution in [2.45, 2.75) is 12.8 Å². The molecular weight excluding hydrogens is 308 g/mol. The number of pyridine rings is 1. The Hall–Kier alpha value is -2.89. The summed E-state index contributed by atoms with van der Waals surface area (Å²) in [5.41, 5.74) is 1.03. The van der Waals surface area contributed by atoms with Gasteiger partial charge in [-0.15, -0.1) is 0 Å². The van der Waals surface area contributed by atoms with E-state index in [-0.39, 0.29) is 11.8 Å². The Balaban J connectivity index is 1.63. The molecule has 1 fully saturated rings. The lowest BCUT2D eigenvalue weighted by atomic mass is 9.90. The third kappa shape index (κ3) is 3.71. The van der Waals surface area contributed by atoms with E-state index in [2.05, 4.69) is 10.3 Å². The van der Waals surface area contributed by atoms with Gasteiger partial charge in [0.05, 0.1) is 0 Å². The summed E-state index contributed by atoms with van der Waals surface area (Å²) in [7, 11) is 0. The maximum Gasteiger partial charge on any atom is 0.316 e. The maximum atomic E-state index is 11.6. The molecule has 0 radical (unpaired) electrons. The summed E-state index contributed by atoms with van der Waals surface area (Å²) in [6.07, 6.45) is 2.97. The van der Waals surface area contributed by atoms with Gasteiger partial charge in [0.2, 0.25) is 11.8 Å². The number of hydrogen-bond donors (Lipinski definition) is 2. The van der Waals surface area contributed by atoms with Crippen molar-refractivity contribution in [1.82, 2.24) is 10.3 Å². The van der Waals surface area contributed by atoms with Crippen LogP contribution in [0.15, 0.2) is 48.7 Å². The number of amides is 1. The number of carboxylic acid groups (broad SMARTS) is 1. The lowest BCUT2D eigenvalue weighted by molar-refractivity contribution is -0.146. The molecule has 6 heteroatoms. The van der Waals surface area contributed by atoms with Gasteiger partial charge in [-0.05, 0) is 42.5 Å². The summed E-state index contributed by atoms with van der Waals surface area (Å²) in [5, 5.41) is 11.8. The first-order chi connectivity index (χ1) is 11.6. The molecule has 2 heterocycles. The van der Waals surface area contributed by atoms with Crippen LogP contribution in [0.25, 0.3) is 0 Å². The van der Waals surface area contributed by atoms with Crippen LogP contribution in [-0.4, -0.2) is 28.5 Å². The van der Waals surface area contributed by atoms with Gasteiger partial charge in [0.15, 0.2) is 0 Å². The van der Waals surface area contributed by atoms with Crippen LogP contribution in [0.3, 0.4) is 0 Å². The number of nitrogens with zero attached hydrogens (tertiary/aromatic N) is 1. The molecule has 1 aliphatic rings. The molecule has 2 aromatic rings. The number of nitrogens with one attached hydrogen (secondary N) is 1. The van der Waals surface area contributed by atoms with Gasteiger partial charge in [0.1, 0.15) is 11.7 Å². The van der Waals surface area contributed by atoms with Crippen LogP contribution < -0.4 is 10.1 Å². The quantitative estimate of drug-likeness (QED) is 0.795. The molecular formula is C18H18N2O4. The average Bonchev–Trinajstić information content (AvgIpc) is 2.95. The van der Waals surface area contributed by atoms with E-state index in [4.69, 9.17) is 4.74 Å². The minimum absolute atomic E-state index is 0.185. The fourth-order valence-corrected chi connectivity index (χ4v) is 2.90. The number of hydrogen-bond acceptors (Lipinski definition) is 4. The topological polar surface area (TPSA) is 88.5 Å². The van der Waals surface area contributed by atoms with E-state index in [1.54, 1.807) is 12.3 Å². The van der Waals surface area contributed by atoms with Gasteiger partial charge in [-0.2, -0.15) is 0 Å². The summed E-state index contributed by atoms with van der Waals surface area (Å²) < 4.78 is 5.70. The summed E-state index contributed by atoms with van der Waals surface area (Å²) in [4.78, 5) is 26.9. The number of carboxylic acids is 1. The number of rotatable bonds is 6. The van der Waals surface area contributed by atoms with Crippen LogP contribution in [0.4, 0.5) is 0 Å². The molecule has 124 valence electrons. The van der Waals surface area contributed by atoms with E-state index in [9.17, 15) is 14.7 Å². The Labute approximate surface area is 139 Å². The Bertz CT molecular complexity index is 733. The van der Waals surface area contributed by atoms with E-state index in [1.807, 2.05) is 36.4 Å². The standard InChI is InChI=1S/C18H18N2O4/c21-17-16(18(22)23)13(11-20-17)8-7-12-4-3-5-14(10-12)24-15-6-1-2-9-19-15/h1-6,9-10,13,16H,7-8,11H2,(H,20,21)(H,22,23). The SMILES string of the molecule is O=C(O)C1C(=O)NCC1CCc1cccc(Oc2ccccn2)c1. The molecule has 1 saturated heterocycles. The maximum absolute atomic E-state index is 11.6. The van der Waals surface area contributed by atoms with Gasteiger partial charge in [0, 0.05) is 18.8 Å². The molecule has 24 heavy (non-hydrogen) atoms. The number of carbonyl (C=O) groups is 2. The van der Waals surface area contributed by atoms with Crippen LogP contribution >= 0.6 is 0 Å². The van der Waals surface area contributed by atoms with Crippen molar-refractivity contribution in [2.75, 3.05) is 6.54 Å². The van der Waals surface area contributed by atoms with Crippen LogP contribution in [0.5, 0.6) is 11.6 Å². The van der Waals surface area contributed by atoms with E-state index >= 15 is 0 Å². The normalized spacial score (nSPS) is 19.8. The van der Waals surface area contributed by atoms with Gasteiger partial charge >= 0.3 is 5.97 Å². The first kappa shape index (κ1) is 16.0. The van der Waals surface area contributed by atoms with Gasteiger partial charge in [0.25, 0.3) is 0 Å². The highest BCUT2D eigenvalue weighted by atomic mass is 16.5. The molecule has 6 nitrogen and oxygen atoms in total. The van der Waals surface area contributed by atoms with Crippen molar-refractivity contribution in [2.24, 2.45) is 11.8 Å². The Morgan fingerprint density at radius 3 is 2.92 bits per heavy atom. The minimum atomic E-state index is -1.05. The van der Waals surface area contributed by atoms with Crippen LogP contribution in [0.1, 0.15) is 12.0 Å². The predicted octanol–water partition coefficient (Wildman–Crippen LogP) is 2.25. The predicted molar refractivity (Wildman–Crippen MR) is 86.7 cm³/mol. The van der Waals surface area contributed by atoms with Crippen molar-refractivity contribution in [1.29, 1.82) is 0 Å². The number of benzene rings is 1. The summed E-state index contributed by atoms with van der Waals surface area (Å²) in [6.45, 7) is 0.417. The molecule has 0 aliphatic carbocycles. The molecule has 2 atom stereocenters. The Kier molecular flexibility index (Phi) is 4.74. The second-order valence-corrected chi connectivity index (χ2v) is 5.78. The number of aliphatic carboxylic acids is 1. The molecule has 1 amide bonds. The molecule has 1 aromatic heterocycles. The number of aromatic nitrogens is 1. The van der Waals surface area contributed by atoms with Crippen LogP contribution in [0, 0.1) is 11.8 Å². The van der Waals surface area contributed by atoms with Gasteiger partial charge in [-0.25, -0.2) is 4.98 Å². The molecule has 0 spiro atoms. The van der Waals surface area contributed by atoms with Crippen molar-refractivity contribution in [3.05, 3.63) is 54.2 Å². The molecule has 1 aromatic carbocycles. The van der Waals surface area contributed by atoms with Crippen molar-refractivity contribution >= 4 is 11.9 Å². The fraction of sp³-hybridized carbons (Fsp3) is 0.278. The number of ether oxygens (including phenoxy) is 1. The second kappa shape index (κ2) is 7.12. The van der Waals surface area contributed by atoms with E-state index in [0.717, 1.165) is 5.56 Å². The first-order valence-corrected chi connectivity index (χ1v) is 7.82. The Morgan fingerprint density at radius 1 is 1.29 bits per heavy atom. The Morgan fingerprint density at radius 2 is 2.17 bits per heavy atom. The molecule has 0 bridgehead atoms. The third-order valence-electron chi connectivity index (χ3n) is 4.12. The molecule has 0 saturated carbocycles. The first-order valence-electron chi connectivity index (χ1n) is 7.82. The van der Waals surface area contributed by atoms with E-state index < -0.39 is 11.9 Å². The van der Waals surface area contributed by atoms with Crippen molar-refractivity contribution in [3.63, 3.8) is 0 Å². The number of carbonyl (C=O) groups excluding carboxylic acids is 1. The lowest BCUT2D eigenvalue weighted by Gasteiger charge is -2.13. The number of aryl methyl sites for hydroxylation is 1. The smallest absolute Gasteiger partial charge is 0.316 e. The third-order valence-corrected chi connectivity index (χ3v) is 4.12. The van der Waals surface area contributed by atoms with E-state index in [1.165, 1.54) is 0 Å². The highest BCUT2D eigenvalue weighted by Crippen LogP contribution is 2.25. The lowest BCUT2D eigenvalue weighted by Crippen LogP contribution is -2.27.